The Balaban J connectivity index is 2.35. The van der Waals surface area contributed by atoms with Gasteiger partial charge in [-0.2, -0.15) is 5.26 Å². The quantitative estimate of drug-likeness (QED) is 0.829. The van der Waals surface area contributed by atoms with Crippen LogP contribution in [0.25, 0.3) is 0 Å². The van der Waals surface area contributed by atoms with Crippen LogP contribution in [0.1, 0.15) is 5.56 Å². The van der Waals surface area contributed by atoms with Gasteiger partial charge in [-0.05, 0) is 18.2 Å². The first kappa shape index (κ1) is 12.7. The Morgan fingerprint density at radius 2 is 2.11 bits per heavy atom. The summed E-state index contributed by atoms with van der Waals surface area (Å²) in [5.74, 6) is -0.0963. The van der Waals surface area contributed by atoms with Crippen molar-refractivity contribution < 1.29 is 9.13 Å². The van der Waals surface area contributed by atoms with Gasteiger partial charge < -0.3 is 15.8 Å². The number of nitriles is 1. The van der Waals surface area contributed by atoms with Gasteiger partial charge in [0, 0.05) is 17.8 Å². The molecule has 96 valence electrons. The molecule has 4 nitrogen and oxygen atoms in total. The van der Waals surface area contributed by atoms with E-state index in [2.05, 4.69) is 5.32 Å². The van der Waals surface area contributed by atoms with Gasteiger partial charge in [0.25, 0.3) is 0 Å². The number of hydrogen-bond donors (Lipinski definition) is 2. The van der Waals surface area contributed by atoms with E-state index in [9.17, 15) is 4.39 Å². The number of rotatable bonds is 3. The molecule has 0 unspecified atom stereocenters. The third kappa shape index (κ3) is 2.75. The van der Waals surface area contributed by atoms with Gasteiger partial charge in [0.05, 0.1) is 30.1 Å². The molecule has 2 aromatic carbocycles. The number of nitrogens with two attached hydrogens (primary N) is 1. The molecule has 3 N–H and O–H groups in total. The summed E-state index contributed by atoms with van der Waals surface area (Å²) in [6, 6.07) is 11.4. The largest absolute Gasteiger partial charge is 0.495 e. The van der Waals surface area contributed by atoms with Crippen molar-refractivity contribution in [1.29, 1.82) is 5.26 Å². The van der Waals surface area contributed by atoms with Gasteiger partial charge in [-0.3, -0.25) is 0 Å². The molecule has 19 heavy (non-hydrogen) atoms. The lowest BCUT2D eigenvalue weighted by atomic mass is 10.2. The molecular weight excluding hydrogens is 245 g/mol. The van der Waals surface area contributed by atoms with Crippen molar-refractivity contribution >= 4 is 17.1 Å². The smallest absolute Gasteiger partial charge is 0.148 e. The third-order valence-corrected chi connectivity index (χ3v) is 2.59. The number of nitrogen functional groups attached to an aromatic ring is 1. The Morgan fingerprint density at radius 3 is 2.79 bits per heavy atom. The van der Waals surface area contributed by atoms with Crippen LogP contribution in [0, 0.1) is 17.1 Å². The van der Waals surface area contributed by atoms with E-state index in [1.54, 1.807) is 24.3 Å². The summed E-state index contributed by atoms with van der Waals surface area (Å²) in [6.45, 7) is 0. The first-order valence-electron chi connectivity index (χ1n) is 5.54. The second-order valence-corrected chi connectivity index (χ2v) is 3.89. The molecule has 0 bridgehead atoms. The highest BCUT2D eigenvalue weighted by Gasteiger charge is 2.08. The van der Waals surface area contributed by atoms with Gasteiger partial charge >= 0.3 is 0 Å². The van der Waals surface area contributed by atoms with Crippen molar-refractivity contribution in [3.63, 3.8) is 0 Å². The summed E-state index contributed by atoms with van der Waals surface area (Å²) in [7, 11) is 1.46. The molecule has 0 saturated heterocycles. The van der Waals surface area contributed by atoms with Gasteiger partial charge in [-0.1, -0.05) is 6.07 Å². The van der Waals surface area contributed by atoms with Crippen molar-refractivity contribution in [2.75, 3.05) is 18.2 Å². The van der Waals surface area contributed by atoms with E-state index in [0.29, 0.717) is 17.0 Å². The highest BCUT2D eigenvalue weighted by atomic mass is 19.1. The minimum Gasteiger partial charge on any atom is -0.495 e. The first-order chi connectivity index (χ1) is 9.13. The normalized spacial score (nSPS) is 9.74. The zero-order valence-electron chi connectivity index (χ0n) is 10.3. The predicted octanol–water partition coefficient (Wildman–Crippen LogP) is 3.03. The fourth-order valence-electron chi connectivity index (χ4n) is 1.66. The van der Waals surface area contributed by atoms with Crippen LogP contribution in [0.3, 0.4) is 0 Å². The van der Waals surface area contributed by atoms with E-state index in [4.69, 9.17) is 15.7 Å². The molecule has 0 atom stereocenters. The molecule has 2 aromatic rings. The van der Waals surface area contributed by atoms with Crippen molar-refractivity contribution in [3.8, 4) is 11.8 Å². The van der Waals surface area contributed by atoms with E-state index in [1.165, 1.54) is 19.2 Å². The lowest BCUT2D eigenvalue weighted by Gasteiger charge is -2.11. The maximum Gasteiger partial charge on any atom is 0.148 e. The number of nitrogens with one attached hydrogen (secondary N) is 1. The second kappa shape index (κ2) is 5.27. The van der Waals surface area contributed by atoms with Crippen LogP contribution in [0.5, 0.6) is 5.75 Å². The Bertz CT molecular complexity index is 650. The van der Waals surface area contributed by atoms with Crippen LogP contribution in [-0.2, 0) is 0 Å². The van der Waals surface area contributed by atoms with Gasteiger partial charge in [0.15, 0.2) is 0 Å². The minimum atomic E-state index is -0.485. The average Bonchev–Trinajstić information content (AvgIpc) is 2.42. The number of anilines is 3. The fourth-order valence-corrected chi connectivity index (χ4v) is 1.66. The van der Waals surface area contributed by atoms with Crippen molar-refractivity contribution in [3.05, 3.63) is 47.8 Å². The Hall–Kier alpha value is -2.74. The first-order valence-corrected chi connectivity index (χ1v) is 5.54. The summed E-state index contributed by atoms with van der Waals surface area (Å²) < 4.78 is 18.8. The summed E-state index contributed by atoms with van der Waals surface area (Å²) >= 11 is 0. The number of nitrogens with zero attached hydrogens (tertiary/aromatic N) is 1. The van der Waals surface area contributed by atoms with Crippen molar-refractivity contribution in [2.45, 2.75) is 0 Å². The van der Waals surface area contributed by atoms with Gasteiger partial charge in [-0.15, -0.1) is 0 Å². The van der Waals surface area contributed by atoms with E-state index < -0.39 is 5.82 Å². The maximum absolute atomic E-state index is 13.8. The van der Waals surface area contributed by atoms with Crippen LogP contribution in [0.4, 0.5) is 21.5 Å². The molecule has 0 aliphatic carbocycles. The molecule has 0 radical (unpaired) electrons. The highest BCUT2D eigenvalue weighted by molar-refractivity contribution is 5.68. The Morgan fingerprint density at radius 1 is 1.32 bits per heavy atom. The fraction of sp³-hybridized carbons (Fsp3) is 0.0714. The highest BCUT2D eigenvalue weighted by Crippen LogP contribution is 2.30. The standard InChI is InChI=1S/C14H12FN3O/c1-19-14-7-13(11(15)6-12(14)17)18-10-4-2-3-9(5-10)8-16/h2-7,18H,17H2,1H3. The average molecular weight is 257 g/mol. The molecule has 2 rings (SSSR count). The van der Waals surface area contributed by atoms with Crippen LogP contribution in [-0.4, -0.2) is 7.11 Å². The summed E-state index contributed by atoms with van der Waals surface area (Å²) in [5.41, 5.74) is 7.18. The lowest BCUT2D eigenvalue weighted by molar-refractivity contribution is 0.416. The second-order valence-electron chi connectivity index (χ2n) is 3.89. The van der Waals surface area contributed by atoms with E-state index in [1.807, 2.05) is 6.07 Å². The van der Waals surface area contributed by atoms with Gasteiger partial charge in [0.1, 0.15) is 11.6 Å². The number of benzene rings is 2. The number of hydrogen-bond acceptors (Lipinski definition) is 4. The van der Waals surface area contributed by atoms with Gasteiger partial charge in [0.2, 0.25) is 0 Å². The van der Waals surface area contributed by atoms with Crippen molar-refractivity contribution in [2.24, 2.45) is 0 Å². The van der Waals surface area contributed by atoms with Crippen LogP contribution in [0.2, 0.25) is 0 Å². The molecule has 0 aliphatic heterocycles. The molecule has 0 saturated carbocycles. The monoisotopic (exact) mass is 257 g/mol. The Labute approximate surface area is 110 Å². The van der Waals surface area contributed by atoms with Crippen LogP contribution < -0.4 is 15.8 Å². The SMILES string of the molecule is COc1cc(Nc2cccc(C#N)c2)c(F)cc1N. The summed E-state index contributed by atoms with van der Waals surface area (Å²) in [5, 5.41) is 11.7. The molecule has 5 heteroatoms. The topological polar surface area (TPSA) is 71.1 Å². The maximum atomic E-state index is 13.8. The summed E-state index contributed by atoms with van der Waals surface area (Å²) in [6.07, 6.45) is 0. The zero-order chi connectivity index (χ0) is 13.8. The molecular formula is C14H12FN3O. The third-order valence-electron chi connectivity index (χ3n) is 2.59. The van der Waals surface area contributed by atoms with Gasteiger partial charge in [-0.25, -0.2) is 4.39 Å². The number of methoxy groups -OCH3 is 1. The number of halogens is 1. The number of ether oxygens (including phenoxy) is 1. The minimum absolute atomic E-state index is 0.233. The molecule has 0 spiro atoms. The predicted molar refractivity (Wildman–Crippen MR) is 71.8 cm³/mol. The molecule has 0 heterocycles. The van der Waals surface area contributed by atoms with Crippen LogP contribution >= 0.6 is 0 Å². The molecule has 0 aromatic heterocycles. The summed E-state index contributed by atoms with van der Waals surface area (Å²) in [4.78, 5) is 0. The Kier molecular flexibility index (Phi) is 3.53. The van der Waals surface area contributed by atoms with E-state index in [0.717, 1.165) is 0 Å². The zero-order valence-corrected chi connectivity index (χ0v) is 10.3. The van der Waals surface area contributed by atoms with E-state index in [-0.39, 0.29) is 11.4 Å². The van der Waals surface area contributed by atoms with E-state index >= 15 is 0 Å². The molecule has 0 amide bonds. The van der Waals surface area contributed by atoms with Crippen LogP contribution in [0.15, 0.2) is 36.4 Å². The molecule has 0 fully saturated rings. The lowest BCUT2D eigenvalue weighted by Crippen LogP contribution is -1.99. The molecule has 0 aliphatic rings. The van der Waals surface area contributed by atoms with Crippen molar-refractivity contribution in [1.82, 2.24) is 0 Å².